The number of aliphatic hydroxyl groups is 1. The third-order valence-corrected chi connectivity index (χ3v) is 3.34. The average molecular weight is 272 g/mol. The fourth-order valence-corrected chi connectivity index (χ4v) is 2.54. The van der Waals surface area contributed by atoms with E-state index < -0.39 is 24.0 Å². The third kappa shape index (κ3) is 4.18. The molecule has 1 aliphatic rings. The molecule has 1 fully saturated rings. The number of aliphatic hydroxyl groups excluding tert-OH is 1. The SMILES string of the molecule is CC(C)(C)CC(CN)C(=O)N1C[C@@H](O)C[C@H]1C(=O)O. The van der Waals surface area contributed by atoms with Crippen LogP contribution in [0.25, 0.3) is 0 Å². The van der Waals surface area contributed by atoms with E-state index in [1.54, 1.807) is 0 Å². The van der Waals surface area contributed by atoms with Crippen LogP contribution in [-0.4, -0.2) is 52.2 Å². The van der Waals surface area contributed by atoms with Crippen LogP contribution in [0.1, 0.15) is 33.6 Å². The first-order chi connectivity index (χ1) is 8.65. The molecule has 0 radical (unpaired) electrons. The number of carboxylic acid groups (broad SMARTS) is 1. The molecule has 6 nitrogen and oxygen atoms in total. The zero-order valence-electron chi connectivity index (χ0n) is 11.8. The Bertz CT molecular complexity index is 351. The number of carbonyl (C=O) groups is 2. The normalized spacial score (nSPS) is 25.4. The maximum Gasteiger partial charge on any atom is 0.326 e. The summed E-state index contributed by atoms with van der Waals surface area (Å²) in [6.07, 6.45) is -0.0760. The highest BCUT2D eigenvalue weighted by Gasteiger charge is 2.41. The Morgan fingerprint density at radius 3 is 2.42 bits per heavy atom. The highest BCUT2D eigenvalue weighted by molar-refractivity contribution is 5.86. The van der Waals surface area contributed by atoms with E-state index in [9.17, 15) is 14.7 Å². The molecule has 4 N–H and O–H groups in total. The number of nitrogens with two attached hydrogens (primary N) is 1. The van der Waals surface area contributed by atoms with E-state index in [-0.39, 0.29) is 30.8 Å². The Labute approximate surface area is 113 Å². The van der Waals surface area contributed by atoms with Crippen molar-refractivity contribution in [2.75, 3.05) is 13.1 Å². The number of β-amino-alcohol motifs (C(OH)–C–C–N with tert-alkyl or cyclic N) is 1. The fraction of sp³-hybridized carbons (Fsp3) is 0.846. The molecule has 3 atom stereocenters. The Balaban J connectivity index is 2.81. The molecule has 0 aromatic rings. The molecule has 1 heterocycles. The van der Waals surface area contributed by atoms with Crippen LogP contribution >= 0.6 is 0 Å². The van der Waals surface area contributed by atoms with E-state index in [2.05, 4.69) is 0 Å². The molecule has 6 heteroatoms. The Morgan fingerprint density at radius 2 is 2.00 bits per heavy atom. The molecule has 1 unspecified atom stereocenters. The van der Waals surface area contributed by atoms with Gasteiger partial charge in [-0.1, -0.05) is 20.8 Å². The van der Waals surface area contributed by atoms with E-state index in [4.69, 9.17) is 10.8 Å². The quantitative estimate of drug-likeness (QED) is 0.670. The van der Waals surface area contributed by atoms with E-state index in [1.807, 2.05) is 20.8 Å². The molecule has 19 heavy (non-hydrogen) atoms. The predicted octanol–water partition coefficient (Wildman–Crippen LogP) is 0.0439. The van der Waals surface area contributed by atoms with Crippen molar-refractivity contribution in [3.05, 3.63) is 0 Å². The first-order valence-electron chi connectivity index (χ1n) is 6.57. The lowest BCUT2D eigenvalue weighted by Crippen LogP contribution is -2.46. The van der Waals surface area contributed by atoms with Gasteiger partial charge in [0.15, 0.2) is 0 Å². The standard InChI is InChI=1S/C13H24N2O4/c1-13(2,3)5-8(6-14)11(17)15-7-9(16)4-10(15)12(18)19/h8-10,16H,4-7,14H2,1-3H3,(H,18,19)/t8?,9-,10-/m0/s1. The van der Waals surface area contributed by atoms with Gasteiger partial charge in [0.2, 0.25) is 5.91 Å². The van der Waals surface area contributed by atoms with Crippen LogP contribution in [0.5, 0.6) is 0 Å². The van der Waals surface area contributed by atoms with E-state index in [0.29, 0.717) is 6.42 Å². The van der Waals surface area contributed by atoms with Crippen molar-refractivity contribution < 1.29 is 19.8 Å². The Kier molecular flexibility index (Phi) is 4.92. The summed E-state index contributed by atoms with van der Waals surface area (Å²) < 4.78 is 0. The van der Waals surface area contributed by atoms with Crippen LogP contribution in [0.2, 0.25) is 0 Å². The number of rotatable bonds is 4. The summed E-state index contributed by atoms with van der Waals surface area (Å²) >= 11 is 0. The topological polar surface area (TPSA) is 104 Å². The lowest BCUT2D eigenvalue weighted by atomic mass is 9.84. The lowest BCUT2D eigenvalue weighted by Gasteiger charge is -2.29. The zero-order valence-corrected chi connectivity index (χ0v) is 11.8. The second-order valence-electron chi connectivity index (χ2n) is 6.43. The minimum atomic E-state index is -1.07. The van der Waals surface area contributed by atoms with Gasteiger partial charge in [0.05, 0.1) is 12.0 Å². The fourth-order valence-electron chi connectivity index (χ4n) is 2.54. The highest BCUT2D eigenvalue weighted by Crippen LogP contribution is 2.28. The molecule has 1 amide bonds. The number of hydrogen-bond donors (Lipinski definition) is 3. The first-order valence-corrected chi connectivity index (χ1v) is 6.57. The molecule has 1 saturated heterocycles. The molecule has 0 aromatic heterocycles. The predicted molar refractivity (Wildman–Crippen MR) is 70.4 cm³/mol. The number of carboxylic acids is 1. The Morgan fingerprint density at radius 1 is 1.42 bits per heavy atom. The molecule has 1 aliphatic heterocycles. The number of likely N-dealkylation sites (tertiary alicyclic amines) is 1. The monoisotopic (exact) mass is 272 g/mol. The van der Waals surface area contributed by atoms with Crippen LogP contribution in [0.3, 0.4) is 0 Å². The summed E-state index contributed by atoms with van der Waals surface area (Å²) in [6.45, 7) is 6.30. The minimum Gasteiger partial charge on any atom is -0.480 e. The van der Waals surface area contributed by atoms with Gasteiger partial charge in [0.25, 0.3) is 0 Å². The van der Waals surface area contributed by atoms with Crippen molar-refractivity contribution >= 4 is 11.9 Å². The maximum absolute atomic E-state index is 12.4. The minimum absolute atomic E-state index is 0.0588. The van der Waals surface area contributed by atoms with Gasteiger partial charge in [0, 0.05) is 19.5 Å². The van der Waals surface area contributed by atoms with Gasteiger partial charge in [0.1, 0.15) is 6.04 Å². The van der Waals surface area contributed by atoms with Gasteiger partial charge < -0.3 is 20.8 Å². The molecule has 110 valence electrons. The third-order valence-electron chi connectivity index (χ3n) is 3.34. The molecule has 0 aromatic carbocycles. The van der Waals surface area contributed by atoms with Crippen LogP contribution < -0.4 is 5.73 Å². The molecular weight excluding hydrogens is 248 g/mol. The van der Waals surface area contributed by atoms with Gasteiger partial charge in [-0.2, -0.15) is 0 Å². The smallest absolute Gasteiger partial charge is 0.326 e. The van der Waals surface area contributed by atoms with Crippen molar-refractivity contribution in [3.63, 3.8) is 0 Å². The highest BCUT2D eigenvalue weighted by atomic mass is 16.4. The van der Waals surface area contributed by atoms with Crippen LogP contribution in [0, 0.1) is 11.3 Å². The zero-order chi connectivity index (χ0) is 14.8. The largest absolute Gasteiger partial charge is 0.480 e. The van der Waals surface area contributed by atoms with Gasteiger partial charge in [-0.25, -0.2) is 4.79 Å². The second-order valence-corrected chi connectivity index (χ2v) is 6.43. The lowest BCUT2D eigenvalue weighted by molar-refractivity contribution is -0.150. The van der Waals surface area contributed by atoms with E-state index in [1.165, 1.54) is 4.90 Å². The second kappa shape index (κ2) is 5.88. The molecular formula is C13H24N2O4. The van der Waals surface area contributed by atoms with Crippen molar-refractivity contribution in [3.8, 4) is 0 Å². The maximum atomic E-state index is 12.4. The van der Waals surface area contributed by atoms with Crippen molar-refractivity contribution in [1.29, 1.82) is 0 Å². The summed E-state index contributed by atoms with van der Waals surface area (Å²) in [5, 5.41) is 18.7. The summed E-state index contributed by atoms with van der Waals surface area (Å²) in [4.78, 5) is 24.8. The molecule has 0 spiro atoms. The summed E-state index contributed by atoms with van der Waals surface area (Å²) in [5.41, 5.74) is 5.59. The van der Waals surface area contributed by atoms with Crippen LogP contribution in [0.4, 0.5) is 0 Å². The van der Waals surface area contributed by atoms with Crippen LogP contribution in [-0.2, 0) is 9.59 Å². The van der Waals surface area contributed by atoms with Crippen molar-refractivity contribution in [2.24, 2.45) is 17.1 Å². The number of carbonyl (C=O) groups excluding carboxylic acids is 1. The molecule has 0 bridgehead atoms. The van der Waals surface area contributed by atoms with Gasteiger partial charge >= 0.3 is 5.97 Å². The van der Waals surface area contributed by atoms with Gasteiger partial charge in [-0.15, -0.1) is 0 Å². The summed E-state index contributed by atoms with van der Waals surface area (Å²) in [5.74, 6) is -1.73. The Hall–Kier alpha value is -1.14. The summed E-state index contributed by atoms with van der Waals surface area (Å²) in [7, 11) is 0. The molecule has 1 rings (SSSR count). The van der Waals surface area contributed by atoms with Gasteiger partial charge in [-0.05, 0) is 11.8 Å². The van der Waals surface area contributed by atoms with Crippen molar-refractivity contribution in [1.82, 2.24) is 4.90 Å². The average Bonchev–Trinajstić information content (AvgIpc) is 2.66. The number of nitrogens with zero attached hydrogens (tertiary/aromatic N) is 1. The van der Waals surface area contributed by atoms with Crippen LogP contribution in [0.15, 0.2) is 0 Å². The van der Waals surface area contributed by atoms with E-state index in [0.717, 1.165) is 0 Å². The van der Waals surface area contributed by atoms with E-state index >= 15 is 0 Å². The number of amides is 1. The number of aliphatic carboxylic acids is 1. The summed E-state index contributed by atoms with van der Waals surface area (Å²) in [6, 6.07) is -0.934. The first kappa shape index (κ1) is 15.9. The van der Waals surface area contributed by atoms with Crippen molar-refractivity contribution in [2.45, 2.75) is 45.8 Å². The molecule has 0 saturated carbocycles. The van der Waals surface area contributed by atoms with Gasteiger partial charge in [-0.3, -0.25) is 4.79 Å². The number of hydrogen-bond acceptors (Lipinski definition) is 4. The molecule has 0 aliphatic carbocycles.